The molecule has 0 saturated heterocycles. The van der Waals surface area contributed by atoms with Gasteiger partial charge in [-0.25, -0.2) is 0 Å². The number of anilines is 2. The molecule has 4 N–H and O–H groups in total. The van der Waals surface area contributed by atoms with E-state index < -0.39 is 0 Å². The van der Waals surface area contributed by atoms with Gasteiger partial charge in [0.05, 0.1) is 24.4 Å². The van der Waals surface area contributed by atoms with Crippen LogP contribution < -0.4 is 15.8 Å². The molecule has 110 valence electrons. The zero-order chi connectivity index (χ0) is 15.2. The van der Waals surface area contributed by atoms with Crippen LogP contribution in [-0.4, -0.2) is 17.6 Å². The number of rotatable bonds is 5. The Hall–Kier alpha value is -2.69. The number of carbonyl (C=O) groups excluding carboxylic acids is 1. The SMILES string of the molecule is Cc1cccc(OCCC(=O)Nc2ccc(O)cc2N)c1. The van der Waals surface area contributed by atoms with Gasteiger partial charge < -0.3 is 20.9 Å². The molecule has 0 radical (unpaired) electrons. The molecular weight excluding hydrogens is 268 g/mol. The van der Waals surface area contributed by atoms with Gasteiger partial charge in [0.25, 0.3) is 0 Å². The summed E-state index contributed by atoms with van der Waals surface area (Å²) in [7, 11) is 0. The summed E-state index contributed by atoms with van der Waals surface area (Å²) in [5.74, 6) is 0.611. The molecule has 0 spiro atoms. The van der Waals surface area contributed by atoms with Crippen molar-refractivity contribution in [2.24, 2.45) is 0 Å². The zero-order valence-electron chi connectivity index (χ0n) is 11.8. The molecule has 0 saturated carbocycles. The van der Waals surface area contributed by atoms with Crippen molar-refractivity contribution in [3.8, 4) is 11.5 Å². The molecule has 21 heavy (non-hydrogen) atoms. The molecule has 2 aromatic rings. The molecule has 0 unspecified atom stereocenters. The highest BCUT2D eigenvalue weighted by molar-refractivity contribution is 5.94. The van der Waals surface area contributed by atoms with Crippen molar-refractivity contribution in [3.05, 3.63) is 48.0 Å². The second-order valence-corrected chi connectivity index (χ2v) is 4.73. The monoisotopic (exact) mass is 286 g/mol. The van der Waals surface area contributed by atoms with E-state index in [1.807, 2.05) is 31.2 Å². The number of amides is 1. The van der Waals surface area contributed by atoms with E-state index in [2.05, 4.69) is 5.32 Å². The van der Waals surface area contributed by atoms with Crippen molar-refractivity contribution in [3.63, 3.8) is 0 Å². The number of aryl methyl sites for hydroxylation is 1. The number of hydrogen-bond acceptors (Lipinski definition) is 4. The standard InChI is InChI=1S/C16H18N2O3/c1-11-3-2-4-13(9-11)21-8-7-16(20)18-15-6-5-12(19)10-14(15)17/h2-6,9-10,19H,7-8,17H2,1H3,(H,18,20). The molecule has 2 rings (SSSR count). The minimum Gasteiger partial charge on any atom is -0.508 e. The number of nitrogens with two attached hydrogens (primary N) is 1. The normalized spacial score (nSPS) is 10.1. The van der Waals surface area contributed by atoms with Crippen LogP contribution in [0.4, 0.5) is 11.4 Å². The van der Waals surface area contributed by atoms with Crippen LogP contribution in [-0.2, 0) is 4.79 Å². The number of carbonyl (C=O) groups is 1. The number of hydrogen-bond donors (Lipinski definition) is 3. The number of benzene rings is 2. The Labute approximate surface area is 123 Å². The van der Waals surface area contributed by atoms with E-state index in [1.54, 1.807) is 6.07 Å². The van der Waals surface area contributed by atoms with Crippen LogP contribution in [0, 0.1) is 6.92 Å². The highest BCUT2D eigenvalue weighted by Crippen LogP contribution is 2.23. The molecule has 0 fully saturated rings. The first-order chi connectivity index (χ1) is 10.0. The molecule has 0 aliphatic carbocycles. The lowest BCUT2D eigenvalue weighted by atomic mass is 10.2. The van der Waals surface area contributed by atoms with Crippen molar-refractivity contribution in [2.75, 3.05) is 17.7 Å². The Morgan fingerprint density at radius 2 is 2.10 bits per heavy atom. The lowest BCUT2D eigenvalue weighted by Gasteiger charge is -2.09. The first kappa shape index (κ1) is 14.7. The van der Waals surface area contributed by atoms with E-state index in [4.69, 9.17) is 10.5 Å². The molecule has 0 aliphatic heterocycles. The first-order valence-corrected chi connectivity index (χ1v) is 6.62. The summed E-state index contributed by atoms with van der Waals surface area (Å²) in [6, 6.07) is 12.1. The summed E-state index contributed by atoms with van der Waals surface area (Å²) in [5.41, 5.74) is 7.61. The van der Waals surface area contributed by atoms with Crippen LogP contribution in [0.25, 0.3) is 0 Å². The van der Waals surface area contributed by atoms with Crippen LogP contribution in [0.15, 0.2) is 42.5 Å². The number of ether oxygens (including phenoxy) is 1. The Kier molecular flexibility index (Phi) is 4.66. The van der Waals surface area contributed by atoms with E-state index >= 15 is 0 Å². The van der Waals surface area contributed by atoms with Gasteiger partial charge in [-0.1, -0.05) is 12.1 Å². The maximum atomic E-state index is 11.8. The predicted molar refractivity (Wildman–Crippen MR) is 82.4 cm³/mol. The van der Waals surface area contributed by atoms with Gasteiger partial charge >= 0.3 is 0 Å². The maximum absolute atomic E-state index is 11.8. The van der Waals surface area contributed by atoms with Gasteiger partial charge in [0.1, 0.15) is 11.5 Å². The third-order valence-corrected chi connectivity index (χ3v) is 2.90. The predicted octanol–water partition coefficient (Wildman–Crippen LogP) is 2.69. The van der Waals surface area contributed by atoms with E-state index in [9.17, 15) is 9.90 Å². The molecule has 0 heterocycles. The smallest absolute Gasteiger partial charge is 0.227 e. The van der Waals surface area contributed by atoms with Crippen molar-refractivity contribution >= 4 is 17.3 Å². The average Bonchev–Trinajstić information content (AvgIpc) is 2.42. The number of nitrogens with one attached hydrogen (secondary N) is 1. The summed E-state index contributed by atoms with van der Waals surface area (Å²) in [5, 5.41) is 11.9. The third-order valence-electron chi connectivity index (χ3n) is 2.90. The number of phenols is 1. The Morgan fingerprint density at radius 3 is 2.81 bits per heavy atom. The number of nitrogen functional groups attached to an aromatic ring is 1. The topological polar surface area (TPSA) is 84.6 Å². The highest BCUT2D eigenvalue weighted by atomic mass is 16.5. The fourth-order valence-electron chi connectivity index (χ4n) is 1.84. The van der Waals surface area contributed by atoms with Crippen LogP contribution in [0.1, 0.15) is 12.0 Å². The van der Waals surface area contributed by atoms with Gasteiger partial charge in [0.15, 0.2) is 0 Å². The van der Waals surface area contributed by atoms with E-state index in [1.165, 1.54) is 12.1 Å². The second kappa shape index (κ2) is 6.65. The number of phenolic OH excluding ortho intramolecular Hbond substituents is 1. The molecule has 0 atom stereocenters. The second-order valence-electron chi connectivity index (χ2n) is 4.73. The Bertz CT molecular complexity index is 641. The molecule has 1 amide bonds. The van der Waals surface area contributed by atoms with Gasteiger partial charge in [-0.3, -0.25) is 4.79 Å². The summed E-state index contributed by atoms with van der Waals surface area (Å²) in [6.07, 6.45) is 0.217. The Balaban J connectivity index is 1.82. The molecule has 0 aliphatic rings. The molecule has 5 heteroatoms. The van der Waals surface area contributed by atoms with Crippen LogP contribution in [0.5, 0.6) is 11.5 Å². The summed E-state index contributed by atoms with van der Waals surface area (Å²) >= 11 is 0. The van der Waals surface area contributed by atoms with Crippen molar-refractivity contribution < 1.29 is 14.6 Å². The average molecular weight is 286 g/mol. The summed E-state index contributed by atoms with van der Waals surface area (Å²) < 4.78 is 5.51. The minimum absolute atomic E-state index is 0.0632. The van der Waals surface area contributed by atoms with Crippen molar-refractivity contribution in [1.82, 2.24) is 0 Å². The summed E-state index contributed by atoms with van der Waals surface area (Å²) in [4.78, 5) is 11.8. The molecule has 0 bridgehead atoms. The van der Waals surface area contributed by atoms with Crippen LogP contribution in [0.3, 0.4) is 0 Å². The van der Waals surface area contributed by atoms with E-state index in [-0.39, 0.29) is 24.7 Å². The van der Waals surface area contributed by atoms with E-state index in [0.29, 0.717) is 11.4 Å². The lowest BCUT2D eigenvalue weighted by molar-refractivity contribution is -0.116. The molecular formula is C16H18N2O3. The summed E-state index contributed by atoms with van der Waals surface area (Å²) in [6.45, 7) is 2.26. The quantitative estimate of drug-likeness (QED) is 0.583. The fourth-order valence-corrected chi connectivity index (χ4v) is 1.84. The Morgan fingerprint density at radius 1 is 1.29 bits per heavy atom. The molecule has 5 nitrogen and oxygen atoms in total. The third kappa shape index (κ3) is 4.42. The van der Waals surface area contributed by atoms with Crippen molar-refractivity contribution in [1.29, 1.82) is 0 Å². The van der Waals surface area contributed by atoms with Crippen molar-refractivity contribution in [2.45, 2.75) is 13.3 Å². The van der Waals surface area contributed by atoms with Gasteiger partial charge in [0.2, 0.25) is 5.91 Å². The van der Waals surface area contributed by atoms with Gasteiger partial charge in [-0.05, 0) is 36.8 Å². The van der Waals surface area contributed by atoms with Gasteiger partial charge in [-0.2, -0.15) is 0 Å². The van der Waals surface area contributed by atoms with Gasteiger partial charge in [-0.15, -0.1) is 0 Å². The molecule has 2 aromatic carbocycles. The first-order valence-electron chi connectivity index (χ1n) is 6.62. The largest absolute Gasteiger partial charge is 0.508 e. The van der Waals surface area contributed by atoms with E-state index in [0.717, 1.165) is 11.3 Å². The van der Waals surface area contributed by atoms with Crippen LogP contribution in [0.2, 0.25) is 0 Å². The minimum atomic E-state index is -0.194. The fraction of sp³-hybridized carbons (Fsp3) is 0.188. The van der Waals surface area contributed by atoms with Gasteiger partial charge in [0, 0.05) is 6.07 Å². The lowest BCUT2D eigenvalue weighted by Crippen LogP contribution is -2.16. The highest BCUT2D eigenvalue weighted by Gasteiger charge is 2.06. The number of aromatic hydroxyl groups is 1. The zero-order valence-corrected chi connectivity index (χ0v) is 11.8. The van der Waals surface area contributed by atoms with Crippen LogP contribution >= 0.6 is 0 Å². The molecule has 0 aromatic heterocycles. The maximum Gasteiger partial charge on any atom is 0.227 e.